The first-order chi connectivity index (χ1) is 9.54. The molecule has 3 N–H and O–H groups in total. The number of hydrogen-bond acceptors (Lipinski definition) is 3. The second-order valence-corrected chi connectivity index (χ2v) is 5.77. The number of methoxy groups -OCH3 is 1. The first-order valence-electron chi connectivity index (χ1n) is 7.28. The fourth-order valence-corrected chi connectivity index (χ4v) is 2.95. The molecule has 1 aromatic rings. The molecule has 0 saturated heterocycles. The molecule has 0 radical (unpaired) electrons. The minimum atomic E-state index is -0.104. The maximum Gasteiger partial charge on any atom is 0.253 e. The molecule has 4 nitrogen and oxygen atoms in total. The summed E-state index contributed by atoms with van der Waals surface area (Å²) in [6.45, 7) is 4.46. The Morgan fingerprint density at radius 3 is 2.80 bits per heavy atom. The van der Waals surface area contributed by atoms with E-state index in [-0.39, 0.29) is 11.9 Å². The van der Waals surface area contributed by atoms with Crippen LogP contribution in [0.15, 0.2) is 18.2 Å². The average molecular weight is 276 g/mol. The van der Waals surface area contributed by atoms with Gasteiger partial charge in [0.2, 0.25) is 0 Å². The first-order valence-corrected chi connectivity index (χ1v) is 7.28. The molecule has 0 heterocycles. The van der Waals surface area contributed by atoms with Crippen LogP contribution in [0.25, 0.3) is 0 Å². The van der Waals surface area contributed by atoms with Gasteiger partial charge in [-0.05, 0) is 30.4 Å². The molecular weight excluding hydrogens is 252 g/mol. The third-order valence-corrected chi connectivity index (χ3v) is 4.55. The maximum atomic E-state index is 12.4. The number of carbonyl (C=O) groups is 1. The highest BCUT2D eigenvalue weighted by Crippen LogP contribution is 2.30. The molecule has 1 fully saturated rings. The van der Waals surface area contributed by atoms with Crippen molar-refractivity contribution >= 4 is 11.6 Å². The summed E-state index contributed by atoms with van der Waals surface area (Å²) in [7, 11) is 1.55. The number of carbonyl (C=O) groups excluding carboxylic acids is 1. The van der Waals surface area contributed by atoms with Gasteiger partial charge >= 0.3 is 0 Å². The molecular formula is C16H24N2O2. The van der Waals surface area contributed by atoms with Gasteiger partial charge in [-0.2, -0.15) is 0 Å². The van der Waals surface area contributed by atoms with Crippen LogP contribution in [0.5, 0.6) is 5.75 Å². The fourth-order valence-electron chi connectivity index (χ4n) is 2.95. The maximum absolute atomic E-state index is 12.4. The second kappa shape index (κ2) is 6.16. The van der Waals surface area contributed by atoms with Gasteiger partial charge in [0.25, 0.3) is 5.91 Å². The highest BCUT2D eigenvalue weighted by Gasteiger charge is 2.28. The number of amides is 1. The van der Waals surface area contributed by atoms with Crippen LogP contribution in [0.1, 0.15) is 43.5 Å². The minimum Gasteiger partial charge on any atom is -0.495 e. The molecule has 0 spiro atoms. The molecule has 3 atom stereocenters. The van der Waals surface area contributed by atoms with Crippen molar-refractivity contribution in [3.63, 3.8) is 0 Å². The second-order valence-electron chi connectivity index (χ2n) is 5.77. The van der Waals surface area contributed by atoms with Crippen molar-refractivity contribution in [1.82, 2.24) is 5.32 Å². The van der Waals surface area contributed by atoms with Crippen LogP contribution < -0.4 is 15.8 Å². The summed E-state index contributed by atoms with van der Waals surface area (Å²) in [5.74, 6) is 1.59. The molecule has 1 amide bonds. The fraction of sp³-hybridized carbons (Fsp3) is 0.562. The Morgan fingerprint density at radius 1 is 1.35 bits per heavy atom. The van der Waals surface area contributed by atoms with E-state index in [9.17, 15) is 4.79 Å². The number of benzene rings is 1. The van der Waals surface area contributed by atoms with E-state index >= 15 is 0 Å². The molecule has 0 aromatic heterocycles. The van der Waals surface area contributed by atoms with Crippen LogP contribution in [-0.4, -0.2) is 19.1 Å². The Bertz CT molecular complexity index is 487. The van der Waals surface area contributed by atoms with Crippen molar-refractivity contribution in [1.29, 1.82) is 0 Å². The van der Waals surface area contributed by atoms with E-state index in [4.69, 9.17) is 10.5 Å². The molecule has 1 saturated carbocycles. The van der Waals surface area contributed by atoms with Crippen molar-refractivity contribution in [2.45, 2.75) is 39.2 Å². The van der Waals surface area contributed by atoms with Crippen molar-refractivity contribution in [3.05, 3.63) is 23.8 Å². The standard InChI is InChI=1S/C16H24N2O2/c1-10-6-4-8-13(11(10)2)18-16(19)12-7-5-9-14(20-3)15(12)17/h5,7,9-11,13H,4,6,8,17H2,1-3H3,(H,18,19). The lowest BCUT2D eigenvalue weighted by atomic mass is 9.78. The van der Waals surface area contributed by atoms with Crippen molar-refractivity contribution in [2.24, 2.45) is 11.8 Å². The summed E-state index contributed by atoms with van der Waals surface area (Å²) in [5, 5.41) is 3.13. The Labute approximate surface area is 120 Å². The Hall–Kier alpha value is -1.71. The summed E-state index contributed by atoms with van der Waals surface area (Å²) in [6, 6.07) is 5.52. The summed E-state index contributed by atoms with van der Waals surface area (Å²) < 4.78 is 5.16. The predicted octanol–water partition coefficient (Wildman–Crippen LogP) is 2.83. The molecule has 1 aliphatic carbocycles. The molecule has 0 bridgehead atoms. The average Bonchev–Trinajstić information content (AvgIpc) is 2.44. The SMILES string of the molecule is COc1cccc(C(=O)NC2CCCC(C)C2C)c1N. The lowest BCUT2D eigenvalue weighted by molar-refractivity contribution is 0.0891. The molecule has 20 heavy (non-hydrogen) atoms. The van der Waals surface area contributed by atoms with E-state index in [2.05, 4.69) is 19.2 Å². The molecule has 3 unspecified atom stereocenters. The van der Waals surface area contributed by atoms with E-state index in [1.807, 2.05) is 0 Å². The normalized spacial score (nSPS) is 26.1. The van der Waals surface area contributed by atoms with Gasteiger partial charge in [0.1, 0.15) is 5.75 Å². The smallest absolute Gasteiger partial charge is 0.253 e. The number of nitrogen functional groups attached to an aromatic ring is 1. The largest absolute Gasteiger partial charge is 0.495 e. The van der Waals surface area contributed by atoms with E-state index in [1.54, 1.807) is 25.3 Å². The Morgan fingerprint density at radius 2 is 2.10 bits per heavy atom. The quantitative estimate of drug-likeness (QED) is 0.834. The van der Waals surface area contributed by atoms with E-state index < -0.39 is 0 Å². The van der Waals surface area contributed by atoms with Crippen LogP contribution in [0.3, 0.4) is 0 Å². The van der Waals surface area contributed by atoms with Crippen molar-refractivity contribution in [2.75, 3.05) is 12.8 Å². The molecule has 110 valence electrons. The van der Waals surface area contributed by atoms with Crippen LogP contribution in [-0.2, 0) is 0 Å². The van der Waals surface area contributed by atoms with Gasteiger partial charge in [0.05, 0.1) is 18.4 Å². The lowest BCUT2D eigenvalue weighted by Gasteiger charge is -2.34. The molecule has 0 aliphatic heterocycles. The number of ether oxygens (including phenoxy) is 1. The van der Waals surface area contributed by atoms with Crippen LogP contribution in [0.4, 0.5) is 5.69 Å². The lowest BCUT2D eigenvalue weighted by Crippen LogP contribution is -2.43. The van der Waals surface area contributed by atoms with Gasteiger partial charge in [0, 0.05) is 6.04 Å². The Balaban J connectivity index is 2.12. The summed E-state index contributed by atoms with van der Waals surface area (Å²) in [4.78, 5) is 12.4. The predicted molar refractivity (Wildman–Crippen MR) is 80.8 cm³/mol. The number of nitrogens with one attached hydrogen (secondary N) is 1. The minimum absolute atomic E-state index is 0.104. The molecule has 4 heteroatoms. The number of hydrogen-bond donors (Lipinski definition) is 2. The van der Waals surface area contributed by atoms with Gasteiger partial charge in [-0.25, -0.2) is 0 Å². The van der Waals surface area contributed by atoms with Crippen molar-refractivity contribution < 1.29 is 9.53 Å². The van der Waals surface area contributed by atoms with Gasteiger partial charge in [-0.15, -0.1) is 0 Å². The van der Waals surface area contributed by atoms with Gasteiger partial charge in [-0.3, -0.25) is 4.79 Å². The zero-order valence-electron chi connectivity index (χ0n) is 12.5. The molecule has 2 rings (SSSR count). The van der Waals surface area contributed by atoms with Crippen LogP contribution in [0, 0.1) is 11.8 Å². The van der Waals surface area contributed by atoms with Crippen LogP contribution >= 0.6 is 0 Å². The van der Waals surface area contributed by atoms with Gasteiger partial charge < -0.3 is 15.8 Å². The first kappa shape index (κ1) is 14.7. The van der Waals surface area contributed by atoms with E-state index in [0.717, 1.165) is 6.42 Å². The van der Waals surface area contributed by atoms with E-state index in [0.29, 0.717) is 28.8 Å². The summed E-state index contributed by atoms with van der Waals surface area (Å²) in [5.41, 5.74) is 6.88. The van der Waals surface area contributed by atoms with E-state index in [1.165, 1.54) is 12.8 Å². The Kier molecular flexibility index (Phi) is 4.53. The number of nitrogens with two attached hydrogens (primary N) is 1. The van der Waals surface area contributed by atoms with Gasteiger partial charge in [-0.1, -0.05) is 32.8 Å². The highest BCUT2D eigenvalue weighted by atomic mass is 16.5. The summed E-state index contributed by atoms with van der Waals surface area (Å²) in [6.07, 6.45) is 3.46. The molecule has 1 aromatic carbocycles. The number of rotatable bonds is 3. The molecule has 1 aliphatic rings. The summed E-state index contributed by atoms with van der Waals surface area (Å²) >= 11 is 0. The number of para-hydroxylation sites is 1. The topological polar surface area (TPSA) is 64.3 Å². The third kappa shape index (κ3) is 2.89. The van der Waals surface area contributed by atoms with Gasteiger partial charge in [0.15, 0.2) is 0 Å². The number of anilines is 1. The highest BCUT2D eigenvalue weighted by molar-refractivity contribution is 6.00. The van der Waals surface area contributed by atoms with Crippen LogP contribution in [0.2, 0.25) is 0 Å². The van der Waals surface area contributed by atoms with Crippen molar-refractivity contribution in [3.8, 4) is 5.75 Å². The zero-order valence-corrected chi connectivity index (χ0v) is 12.5. The zero-order chi connectivity index (χ0) is 14.7. The monoisotopic (exact) mass is 276 g/mol. The third-order valence-electron chi connectivity index (χ3n) is 4.55.